The van der Waals surface area contributed by atoms with Crippen LogP contribution in [-0.2, 0) is 4.74 Å². The standard InChI is InChI=1S/C21H18ClN3O2/c1-2-27-21(26)19-18(22)20-23-16(14-9-5-3-6-10-14)13-17(25(20)24-19)15-11-7-4-8-12-15/h3-12,17H,2,13H2,1H3. The minimum Gasteiger partial charge on any atom is -0.461 e. The molecule has 4 rings (SSSR count). The number of ether oxygens (including phenoxy) is 1. The number of hydrogen-bond donors (Lipinski definition) is 0. The van der Waals surface area contributed by atoms with Crippen LogP contribution in [0.5, 0.6) is 0 Å². The lowest BCUT2D eigenvalue weighted by Gasteiger charge is -2.24. The van der Waals surface area contributed by atoms with Gasteiger partial charge in [-0.15, -0.1) is 0 Å². The largest absolute Gasteiger partial charge is 0.461 e. The van der Waals surface area contributed by atoms with Crippen LogP contribution in [0, 0.1) is 0 Å². The molecule has 3 aromatic rings. The number of hydrogen-bond acceptors (Lipinski definition) is 4. The highest BCUT2D eigenvalue weighted by Gasteiger charge is 2.31. The number of nitrogens with zero attached hydrogens (tertiary/aromatic N) is 3. The molecule has 0 amide bonds. The highest BCUT2D eigenvalue weighted by molar-refractivity contribution is 6.35. The predicted octanol–water partition coefficient (Wildman–Crippen LogP) is 4.83. The first-order chi connectivity index (χ1) is 13.2. The number of benzene rings is 2. The summed E-state index contributed by atoms with van der Waals surface area (Å²) < 4.78 is 6.82. The molecular formula is C21H18ClN3O2. The van der Waals surface area contributed by atoms with E-state index in [2.05, 4.69) is 5.10 Å². The Kier molecular flexibility index (Phi) is 4.77. The summed E-state index contributed by atoms with van der Waals surface area (Å²) in [4.78, 5) is 17.0. The summed E-state index contributed by atoms with van der Waals surface area (Å²) in [7, 11) is 0. The number of esters is 1. The van der Waals surface area contributed by atoms with Gasteiger partial charge in [-0.1, -0.05) is 72.3 Å². The van der Waals surface area contributed by atoms with Gasteiger partial charge >= 0.3 is 5.97 Å². The van der Waals surface area contributed by atoms with Gasteiger partial charge in [-0.2, -0.15) is 5.10 Å². The fraction of sp³-hybridized carbons (Fsp3) is 0.190. The molecule has 0 bridgehead atoms. The van der Waals surface area contributed by atoms with Crippen LogP contribution in [-0.4, -0.2) is 28.1 Å². The quantitative estimate of drug-likeness (QED) is 0.610. The summed E-state index contributed by atoms with van der Waals surface area (Å²) in [5, 5.41) is 4.68. The van der Waals surface area contributed by atoms with E-state index in [1.54, 1.807) is 11.6 Å². The summed E-state index contributed by atoms with van der Waals surface area (Å²) in [6.45, 7) is 2.01. The Balaban J connectivity index is 1.86. The molecule has 2 aromatic carbocycles. The Bertz CT molecular complexity index is 997. The van der Waals surface area contributed by atoms with Crippen LogP contribution in [0.1, 0.15) is 41.0 Å². The van der Waals surface area contributed by atoms with E-state index in [0.29, 0.717) is 12.2 Å². The fourth-order valence-electron chi connectivity index (χ4n) is 3.24. The van der Waals surface area contributed by atoms with Gasteiger partial charge < -0.3 is 4.74 Å². The maximum atomic E-state index is 12.2. The molecule has 0 aliphatic carbocycles. The van der Waals surface area contributed by atoms with Gasteiger partial charge in [0, 0.05) is 6.42 Å². The summed E-state index contributed by atoms with van der Waals surface area (Å²) in [5.41, 5.74) is 3.12. The Hall–Kier alpha value is -2.92. The smallest absolute Gasteiger partial charge is 0.360 e. The van der Waals surface area contributed by atoms with E-state index >= 15 is 0 Å². The zero-order chi connectivity index (χ0) is 18.8. The van der Waals surface area contributed by atoms with Crippen LogP contribution in [0.15, 0.2) is 65.7 Å². The van der Waals surface area contributed by atoms with Gasteiger partial charge in [0.25, 0.3) is 0 Å². The van der Waals surface area contributed by atoms with Crippen LogP contribution in [0.2, 0.25) is 5.02 Å². The van der Waals surface area contributed by atoms with Gasteiger partial charge in [-0.05, 0) is 18.1 Å². The van der Waals surface area contributed by atoms with Crippen LogP contribution >= 0.6 is 11.6 Å². The van der Waals surface area contributed by atoms with Crippen molar-refractivity contribution in [3.8, 4) is 0 Å². The first-order valence-corrected chi connectivity index (χ1v) is 9.20. The van der Waals surface area contributed by atoms with E-state index in [-0.39, 0.29) is 23.4 Å². The fourth-order valence-corrected chi connectivity index (χ4v) is 3.49. The highest BCUT2D eigenvalue weighted by atomic mass is 35.5. The normalized spacial score (nSPS) is 15.8. The molecule has 1 aliphatic rings. The van der Waals surface area contributed by atoms with Crippen LogP contribution in [0.3, 0.4) is 0 Å². The number of aliphatic imine (C=N–C) groups is 1. The van der Waals surface area contributed by atoms with E-state index in [0.717, 1.165) is 16.8 Å². The number of fused-ring (bicyclic) bond motifs is 1. The van der Waals surface area contributed by atoms with Crippen molar-refractivity contribution in [3.63, 3.8) is 0 Å². The lowest BCUT2D eigenvalue weighted by Crippen LogP contribution is -2.21. The number of aromatic nitrogens is 2. The van der Waals surface area contributed by atoms with Crippen molar-refractivity contribution in [1.29, 1.82) is 0 Å². The zero-order valence-corrected chi connectivity index (χ0v) is 15.6. The Morgan fingerprint density at radius 1 is 1.15 bits per heavy atom. The first-order valence-electron chi connectivity index (χ1n) is 8.82. The number of carbonyl (C=O) groups excluding carboxylic acids is 1. The molecule has 1 aliphatic heterocycles. The second-order valence-corrected chi connectivity index (χ2v) is 6.58. The minimum absolute atomic E-state index is 0.102. The molecule has 1 atom stereocenters. The predicted molar refractivity (Wildman–Crippen MR) is 105 cm³/mol. The molecule has 0 saturated carbocycles. The number of carbonyl (C=O) groups is 1. The molecule has 27 heavy (non-hydrogen) atoms. The molecule has 0 N–H and O–H groups in total. The Labute approximate surface area is 162 Å². The van der Waals surface area contributed by atoms with Crippen molar-refractivity contribution in [2.24, 2.45) is 4.99 Å². The topological polar surface area (TPSA) is 56.5 Å². The summed E-state index contributed by atoms with van der Waals surface area (Å²) >= 11 is 6.49. The monoisotopic (exact) mass is 379 g/mol. The highest BCUT2D eigenvalue weighted by Crippen LogP contribution is 2.39. The zero-order valence-electron chi connectivity index (χ0n) is 14.8. The van der Waals surface area contributed by atoms with Crippen molar-refractivity contribution in [2.75, 3.05) is 6.61 Å². The van der Waals surface area contributed by atoms with Gasteiger partial charge in [0.2, 0.25) is 0 Å². The molecule has 0 spiro atoms. The molecule has 2 heterocycles. The molecule has 5 nitrogen and oxygen atoms in total. The van der Waals surface area contributed by atoms with Gasteiger partial charge in [0.05, 0.1) is 18.4 Å². The molecule has 136 valence electrons. The average molecular weight is 380 g/mol. The van der Waals surface area contributed by atoms with Crippen molar-refractivity contribution in [2.45, 2.75) is 19.4 Å². The maximum Gasteiger partial charge on any atom is 0.360 e. The molecule has 0 fully saturated rings. The maximum absolute atomic E-state index is 12.2. The van der Waals surface area contributed by atoms with Crippen molar-refractivity contribution in [1.82, 2.24) is 9.78 Å². The SMILES string of the molecule is CCOC(=O)c1nn2c(c1Cl)N=C(c1ccccc1)CC2c1ccccc1. The van der Waals surface area contributed by atoms with E-state index in [1.807, 2.05) is 60.7 Å². The molecule has 1 unspecified atom stereocenters. The molecule has 6 heteroatoms. The Morgan fingerprint density at radius 3 is 2.48 bits per heavy atom. The van der Waals surface area contributed by atoms with E-state index in [9.17, 15) is 4.79 Å². The first kappa shape index (κ1) is 17.5. The molecule has 0 radical (unpaired) electrons. The van der Waals surface area contributed by atoms with Gasteiger partial charge in [-0.25, -0.2) is 14.5 Å². The van der Waals surface area contributed by atoms with Crippen molar-refractivity contribution >= 4 is 29.1 Å². The summed E-state index contributed by atoms with van der Waals surface area (Å²) in [6, 6.07) is 19.9. The molecule has 1 aromatic heterocycles. The van der Waals surface area contributed by atoms with E-state index in [4.69, 9.17) is 21.3 Å². The molecular weight excluding hydrogens is 362 g/mol. The third kappa shape index (κ3) is 3.26. The van der Waals surface area contributed by atoms with E-state index in [1.165, 1.54) is 0 Å². The summed E-state index contributed by atoms with van der Waals surface area (Å²) in [6.07, 6.45) is 0.654. The lowest BCUT2D eigenvalue weighted by molar-refractivity contribution is 0.0518. The van der Waals surface area contributed by atoms with Gasteiger partial charge in [0.1, 0.15) is 5.02 Å². The third-order valence-electron chi connectivity index (χ3n) is 4.51. The van der Waals surface area contributed by atoms with Gasteiger partial charge in [0.15, 0.2) is 11.5 Å². The second kappa shape index (κ2) is 7.37. The van der Waals surface area contributed by atoms with Crippen LogP contribution in [0.4, 0.5) is 5.82 Å². The number of halogens is 1. The lowest BCUT2D eigenvalue weighted by atomic mass is 9.96. The molecule has 0 saturated heterocycles. The second-order valence-electron chi connectivity index (χ2n) is 6.21. The van der Waals surface area contributed by atoms with E-state index < -0.39 is 5.97 Å². The van der Waals surface area contributed by atoms with Gasteiger partial charge in [-0.3, -0.25) is 0 Å². The Morgan fingerprint density at radius 2 is 1.81 bits per heavy atom. The van der Waals surface area contributed by atoms with Crippen LogP contribution in [0.25, 0.3) is 0 Å². The van der Waals surface area contributed by atoms with Crippen molar-refractivity contribution in [3.05, 3.63) is 82.5 Å². The average Bonchev–Trinajstić information content (AvgIpc) is 3.06. The minimum atomic E-state index is -0.535. The summed E-state index contributed by atoms with van der Waals surface area (Å²) in [5.74, 6) is -0.0497. The van der Waals surface area contributed by atoms with Crippen LogP contribution < -0.4 is 0 Å². The third-order valence-corrected chi connectivity index (χ3v) is 4.86. The number of rotatable bonds is 4. The van der Waals surface area contributed by atoms with Crippen molar-refractivity contribution < 1.29 is 9.53 Å².